The Morgan fingerprint density at radius 2 is 2.12 bits per heavy atom. The lowest BCUT2D eigenvalue weighted by molar-refractivity contribution is 0.269. The number of unbranched alkanes of at least 4 members (excludes halogenated alkanes) is 1. The smallest absolute Gasteiger partial charge is 0.125 e. The van der Waals surface area contributed by atoms with Gasteiger partial charge in [-0.2, -0.15) is 0 Å². The van der Waals surface area contributed by atoms with Gasteiger partial charge in [0, 0.05) is 18.8 Å². The average molecular weight is 221 g/mol. The molecule has 1 aromatic heterocycles. The van der Waals surface area contributed by atoms with Gasteiger partial charge in [-0.25, -0.2) is 4.98 Å². The Bertz CT molecular complexity index is 272. The molecule has 0 aliphatic carbocycles. The molecule has 90 valence electrons. The van der Waals surface area contributed by atoms with Crippen molar-refractivity contribution in [2.24, 2.45) is 0 Å². The van der Waals surface area contributed by atoms with Gasteiger partial charge in [-0.05, 0) is 52.4 Å². The average Bonchev–Trinajstić information content (AvgIpc) is 2.29. The summed E-state index contributed by atoms with van der Waals surface area (Å²) in [6.07, 6.45) is 4.23. The standard InChI is InChI=1S/C13H23N3/c1-12(2)16(3)11-7-6-10-15-13-8-4-5-9-14-13/h4-5,8-9,12H,6-7,10-11H2,1-3H3,(H,14,15). The van der Waals surface area contributed by atoms with Crippen LogP contribution < -0.4 is 5.32 Å². The van der Waals surface area contributed by atoms with Gasteiger partial charge in [0.2, 0.25) is 0 Å². The number of hydrogen-bond acceptors (Lipinski definition) is 3. The number of anilines is 1. The van der Waals surface area contributed by atoms with E-state index < -0.39 is 0 Å². The lowest BCUT2D eigenvalue weighted by Crippen LogP contribution is -2.27. The summed E-state index contributed by atoms with van der Waals surface area (Å²) in [4.78, 5) is 6.59. The molecule has 0 spiro atoms. The van der Waals surface area contributed by atoms with E-state index in [-0.39, 0.29) is 0 Å². The summed E-state index contributed by atoms with van der Waals surface area (Å²) < 4.78 is 0. The van der Waals surface area contributed by atoms with Crippen LogP contribution in [-0.4, -0.2) is 36.1 Å². The molecule has 16 heavy (non-hydrogen) atoms. The Morgan fingerprint density at radius 1 is 1.31 bits per heavy atom. The van der Waals surface area contributed by atoms with Gasteiger partial charge in [0.1, 0.15) is 5.82 Å². The minimum absolute atomic E-state index is 0.642. The third kappa shape index (κ3) is 5.12. The van der Waals surface area contributed by atoms with E-state index in [0.717, 1.165) is 12.4 Å². The highest BCUT2D eigenvalue weighted by Gasteiger charge is 2.01. The van der Waals surface area contributed by atoms with Crippen molar-refractivity contribution in [2.45, 2.75) is 32.7 Å². The third-order valence-electron chi connectivity index (χ3n) is 2.79. The van der Waals surface area contributed by atoms with Crippen molar-refractivity contribution in [3.8, 4) is 0 Å². The quantitative estimate of drug-likeness (QED) is 0.717. The molecule has 1 aromatic rings. The lowest BCUT2D eigenvalue weighted by atomic mass is 10.2. The van der Waals surface area contributed by atoms with Gasteiger partial charge < -0.3 is 10.2 Å². The molecule has 0 amide bonds. The van der Waals surface area contributed by atoms with Crippen molar-refractivity contribution in [2.75, 3.05) is 25.5 Å². The van der Waals surface area contributed by atoms with Gasteiger partial charge in [0.15, 0.2) is 0 Å². The van der Waals surface area contributed by atoms with E-state index in [0.29, 0.717) is 6.04 Å². The predicted octanol–water partition coefficient (Wildman–Crippen LogP) is 2.61. The molecule has 0 aliphatic rings. The van der Waals surface area contributed by atoms with Crippen molar-refractivity contribution in [3.05, 3.63) is 24.4 Å². The summed E-state index contributed by atoms with van der Waals surface area (Å²) in [5.74, 6) is 0.972. The molecular weight excluding hydrogens is 198 g/mol. The van der Waals surface area contributed by atoms with E-state index >= 15 is 0 Å². The van der Waals surface area contributed by atoms with Crippen LogP contribution in [0.2, 0.25) is 0 Å². The number of aromatic nitrogens is 1. The maximum atomic E-state index is 4.22. The van der Waals surface area contributed by atoms with Gasteiger partial charge >= 0.3 is 0 Å². The van der Waals surface area contributed by atoms with Crippen LogP contribution in [0.4, 0.5) is 5.82 Å². The highest BCUT2D eigenvalue weighted by atomic mass is 15.1. The van der Waals surface area contributed by atoms with Crippen LogP contribution in [0.5, 0.6) is 0 Å². The molecule has 0 fully saturated rings. The highest BCUT2D eigenvalue weighted by molar-refractivity contribution is 5.32. The normalized spacial score (nSPS) is 11.1. The second kappa shape index (κ2) is 7.23. The van der Waals surface area contributed by atoms with E-state index in [4.69, 9.17) is 0 Å². The molecule has 3 heteroatoms. The number of hydrogen-bond donors (Lipinski definition) is 1. The number of nitrogens with one attached hydrogen (secondary N) is 1. The number of pyridine rings is 1. The van der Waals surface area contributed by atoms with Crippen molar-refractivity contribution in [3.63, 3.8) is 0 Å². The Balaban J connectivity index is 2.04. The fraction of sp³-hybridized carbons (Fsp3) is 0.615. The Hall–Kier alpha value is -1.09. The lowest BCUT2D eigenvalue weighted by Gasteiger charge is -2.20. The molecule has 0 saturated heterocycles. The summed E-state index contributed by atoms with van der Waals surface area (Å²) in [7, 11) is 2.18. The summed E-state index contributed by atoms with van der Waals surface area (Å²) in [6, 6.07) is 6.58. The van der Waals surface area contributed by atoms with Crippen LogP contribution in [-0.2, 0) is 0 Å². The molecule has 1 rings (SSSR count). The van der Waals surface area contributed by atoms with Crippen LogP contribution >= 0.6 is 0 Å². The second-order valence-corrected chi connectivity index (χ2v) is 4.42. The Labute approximate surface area is 98.9 Å². The van der Waals surface area contributed by atoms with Gasteiger partial charge in [-0.3, -0.25) is 0 Å². The fourth-order valence-electron chi connectivity index (χ4n) is 1.43. The van der Waals surface area contributed by atoms with E-state index in [2.05, 4.69) is 36.1 Å². The van der Waals surface area contributed by atoms with Crippen LogP contribution in [0.1, 0.15) is 26.7 Å². The molecular formula is C13H23N3. The van der Waals surface area contributed by atoms with Crippen LogP contribution in [0.25, 0.3) is 0 Å². The van der Waals surface area contributed by atoms with E-state index in [9.17, 15) is 0 Å². The predicted molar refractivity (Wildman–Crippen MR) is 69.7 cm³/mol. The molecule has 0 saturated carbocycles. The Morgan fingerprint density at radius 3 is 2.75 bits per heavy atom. The zero-order valence-electron chi connectivity index (χ0n) is 10.6. The largest absolute Gasteiger partial charge is 0.370 e. The van der Waals surface area contributed by atoms with Crippen molar-refractivity contribution < 1.29 is 0 Å². The summed E-state index contributed by atoms with van der Waals surface area (Å²) >= 11 is 0. The maximum Gasteiger partial charge on any atom is 0.125 e. The first-order valence-electron chi connectivity index (χ1n) is 6.05. The minimum atomic E-state index is 0.642. The first-order chi connectivity index (χ1) is 7.70. The summed E-state index contributed by atoms with van der Waals surface area (Å²) in [6.45, 7) is 6.63. The topological polar surface area (TPSA) is 28.2 Å². The SMILES string of the molecule is CC(C)N(C)CCCCNc1ccccn1. The van der Waals surface area contributed by atoms with Gasteiger partial charge in [-0.15, -0.1) is 0 Å². The molecule has 0 radical (unpaired) electrons. The maximum absolute atomic E-state index is 4.22. The highest BCUT2D eigenvalue weighted by Crippen LogP contribution is 2.01. The molecule has 0 aromatic carbocycles. The zero-order valence-corrected chi connectivity index (χ0v) is 10.6. The van der Waals surface area contributed by atoms with E-state index in [1.54, 1.807) is 0 Å². The third-order valence-corrected chi connectivity index (χ3v) is 2.79. The Kier molecular flexibility index (Phi) is 5.86. The van der Waals surface area contributed by atoms with E-state index in [1.807, 2.05) is 24.4 Å². The van der Waals surface area contributed by atoms with Gasteiger partial charge in [0.05, 0.1) is 0 Å². The van der Waals surface area contributed by atoms with Gasteiger partial charge in [0.25, 0.3) is 0 Å². The molecule has 3 nitrogen and oxygen atoms in total. The van der Waals surface area contributed by atoms with Crippen molar-refractivity contribution in [1.82, 2.24) is 9.88 Å². The molecule has 0 bridgehead atoms. The summed E-state index contributed by atoms with van der Waals surface area (Å²) in [5, 5.41) is 3.32. The zero-order chi connectivity index (χ0) is 11.8. The second-order valence-electron chi connectivity index (χ2n) is 4.42. The van der Waals surface area contributed by atoms with Crippen LogP contribution in [0, 0.1) is 0 Å². The monoisotopic (exact) mass is 221 g/mol. The molecule has 0 aliphatic heterocycles. The van der Waals surface area contributed by atoms with Crippen LogP contribution in [0.3, 0.4) is 0 Å². The van der Waals surface area contributed by atoms with Gasteiger partial charge in [-0.1, -0.05) is 6.07 Å². The fourth-order valence-corrected chi connectivity index (χ4v) is 1.43. The summed E-state index contributed by atoms with van der Waals surface area (Å²) in [5.41, 5.74) is 0. The van der Waals surface area contributed by atoms with E-state index in [1.165, 1.54) is 19.4 Å². The molecule has 1 N–H and O–H groups in total. The first-order valence-corrected chi connectivity index (χ1v) is 6.05. The molecule has 1 heterocycles. The number of rotatable bonds is 7. The minimum Gasteiger partial charge on any atom is -0.370 e. The van der Waals surface area contributed by atoms with Crippen molar-refractivity contribution in [1.29, 1.82) is 0 Å². The molecule has 0 unspecified atom stereocenters. The van der Waals surface area contributed by atoms with Crippen molar-refractivity contribution >= 4 is 5.82 Å². The number of nitrogens with zero attached hydrogens (tertiary/aromatic N) is 2. The molecule has 0 atom stereocenters. The van der Waals surface area contributed by atoms with Crippen LogP contribution in [0.15, 0.2) is 24.4 Å². The first kappa shape index (κ1) is 13.0.